The van der Waals surface area contributed by atoms with E-state index in [4.69, 9.17) is 10.6 Å². The Morgan fingerprint density at radius 2 is 2.38 bits per heavy atom. The molecule has 1 fully saturated rings. The van der Waals surface area contributed by atoms with Crippen LogP contribution in [0, 0.1) is 0 Å². The van der Waals surface area contributed by atoms with Gasteiger partial charge in [0.2, 0.25) is 0 Å². The first-order chi connectivity index (χ1) is 7.80. The molecule has 90 valence electrons. The minimum Gasteiger partial charge on any atom is -0.377 e. The number of methoxy groups -OCH3 is 1. The minimum absolute atomic E-state index is 0.0846. The Morgan fingerprint density at radius 1 is 1.62 bits per heavy atom. The van der Waals surface area contributed by atoms with E-state index in [1.807, 2.05) is 11.7 Å². The molecule has 0 radical (unpaired) electrons. The van der Waals surface area contributed by atoms with Gasteiger partial charge in [0.25, 0.3) is 0 Å². The summed E-state index contributed by atoms with van der Waals surface area (Å²) in [5.74, 6) is 5.68. The Morgan fingerprint density at radius 3 is 2.88 bits per heavy atom. The average Bonchev–Trinajstić information content (AvgIpc) is 2.97. The van der Waals surface area contributed by atoms with E-state index in [9.17, 15) is 0 Å². The fourth-order valence-corrected chi connectivity index (χ4v) is 3.25. The molecule has 5 heteroatoms. The van der Waals surface area contributed by atoms with Crippen LogP contribution in [0.3, 0.4) is 0 Å². The predicted octanol–water partition coefficient (Wildman–Crippen LogP) is 1.48. The second-order valence-electron chi connectivity index (χ2n) is 4.37. The van der Waals surface area contributed by atoms with Gasteiger partial charge in [0, 0.05) is 24.6 Å². The monoisotopic (exact) mass is 241 g/mol. The summed E-state index contributed by atoms with van der Waals surface area (Å²) in [6.07, 6.45) is 7.46. The molecule has 4 nitrogen and oxygen atoms in total. The summed E-state index contributed by atoms with van der Waals surface area (Å²) < 4.78 is 5.74. The molecule has 1 aromatic heterocycles. The molecule has 1 aromatic rings. The van der Waals surface area contributed by atoms with Crippen LogP contribution in [0.5, 0.6) is 0 Å². The highest BCUT2D eigenvalue weighted by Gasteiger charge is 2.41. The van der Waals surface area contributed by atoms with Gasteiger partial charge in [-0.25, -0.2) is 0 Å². The molecule has 3 N–H and O–H groups in total. The third kappa shape index (κ3) is 2.27. The first kappa shape index (κ1) is 12.0. The summed E-state index contributed by atoms with van der Waals surface area (Å²) in [4.78, 5) is 5.35. The zero-order valence-corrected chi connectivity index (χ0v) is 10.4. The largest absolute Gasteiger partial charge is 0.377 e. The van der Waals surface area contributed by atoms with E-state index in [0.29, 0.717) is 0 Å². The highest BCUT2D eigenvalue weighted by molar-refractivity contribution is 7.09. The zero-order chi connectivity index (χ0) is 11.4. The van der Waals surface area contributed by atoms with Crippen LogP contribution in [0.4, 0.5) is 0 Å². The lowest BCUT2D eigenvalue weighted by molar-refractivity contribution is -0.0354. The maximum absolute atomic E-state index is 5.74. The second kappa shape index (κ2) is 5.23. The minimum atomic E-state index is -0.0846. The quantitative estimate of drug-likeness (QED) is 0.605. The highest BCUT2D eigenvalue weighted by Crippen LogP contribution is 2.36. The molecule has 1 aliphatic rings. The first-order valence-electron chi connectivity index (χ1n) is 5.69. The molecule has 1 aliphatic carbocycles. The predicted molar refractivity (Wildman–Crippen MR) is 65.1 cm³/mol. The number of hydrazine groups is 1. The number of hydrogen-bond acceptors (Lipinski definition) is 5. The van der Waals surface area contributed by atoms with Gasteiger partial charge in [0.15, 0.2) is 0 Å². The van der Waals surface area contributed by atoms with Crippen LogP contribution in [-0.4, -0.2) is 23.7 Å². The molecular formula is C11H19N3OS. The third-order valence-electron chi connectivity index (χ3n) is 3.58. The lowest BCUT2D eigenvalue weighted by Crippen LogP contribution is -2.54. The summed E-state index contributed by atoms with van der Waals surface area (Å²) >= 11 is 1.67. The summed E-state index contributed by atoms with van der Waals surface area (Å²) in [5, 5.41) is 0. The molecule has 0 spiro atoms. The van der Waals surface area contributed by atoms with Crippen LogP contribution in [0.15, 0.2) is 11.7 Å². The number of ether oxygens (including phenoxy) is 1. The molecule has 0 bridgehead atoms. The van der Waals surface area contributed by atoms with Crippen LogP contribution in [-0.2, 0) is 11.2 Å². The maximum Gasteiger partial charge on any atom is 0.0847 e. The molecule has 16 heavy (non-hydrogen) atoms. The van der Waals surface area contributed by atoms with Crippen molar-refractivity contribution in [2.24, 2.45) is 5.84 Å². The van der Waals surface area contributed by atoms with Crippen LogP contribution >= 0.6 is 11.3 Å². The van der Waals surface area contributed by atoms with E-state index in [2.05, 4.69) is 10.4 Å². The van der Waals surface area contributed by atoms with Crippen molar-refractivity contribution in [1.29, 1.82) is 0 Å². The number of nitrogens with two attached hydrogens (primary N) is 1. The number of hydrogen-bond donors (Lipinski definition) is 2. The van der Waals surface area contributed by atoms with Gasteiger partial charge >= 0.3 is 0 Å². The molecule has 1 saturated carbocycles. The summed E-state index contributed by atoms with van der Waals surface area (Å²) in [7, 11) is 1.79. The van der Waals surface area contributed by atoms with E-state index >= 15 is 0 Å². The van der Waals surface area contributed by atoms with Gasteiger partial charge in [-0.1, -0.05) is 12.8 Å². The molecule has 1 heterocycles. The Kier molecular flexibility index (Phi) is 3.91. The van der Waals surface area contributed by atoms with Crippen molar-refractivity contribution < 1.29 is 4.74 Å². The van der Waals surface area contributed by atoms with Crippen LogP contribution in [0.1, 0.15) is 30.6 Å². The van der Waals surface area contributed by atoms with Crippen LogP contribution in [0.2, 0.25) is 0 Å². The Bertz CT molecular complexity index is 309. The van der Waals surface area contributed by atoms with Gasteiger partial charge in [-0.3, -0.25) is 16.3 Å². The number of nitrogens with one attached hydrogen (secondary N) is 1. The Labute approximate surface area is 100 Å². The molecule has 0 aliphatic heterocycles. The summed E-state index contributed by atoms with van der Waals surface area (Å²) in [5.41, 5.74) is 4.70. The number of nitrogens with zero attached hydrogens (tertiary/aromatic N) is 1. The lowest BCUT2D eigenvalue weighted by atomic mass is 9.90. The zero-order valence-electron chi connectivity index (χ0n) is 9.61. The summed E-state index contributed by atoms with van der Waals surface area (Å²) in [6.45, 7) is 0. The molecule has 0 aromatic carbocycles. The number of rotatable bonds is 5. The van der Waals surface area contributed by atoms with E-state index in [0.717, 1.165) is 19.3 Å². The van der Waals surface area contributed by atoms with Crippen molar-refractivity contribution in [2.75, 3.05) is 7.11 Å². The van der Waals surface area contributed by atoms with Crippen molar-refractivity contribution in [2.45, 2.75) is 43.7 Å². The highest BCUT2D eigenvalue weighted by atomic mass is 32.1. The van der Waals surface area contributed by atoms with Crippen LogP contribution in [0.25, 0.3) is 0 Å². The van der Waals surface area contributed by atoms with Gasteiger partial charge in [-0.05, 0) is 12.8 Å². The average molecular weight is 241 g/mol. The van der Waals surface area contributed by atoms with Crippen molar-refractivity contribution in [3.8, 4) is 0 Å². The van der Waals surface area contributed by atoms with Crippen molar-refractivity contribution in [1.82, 2.24) is 10.4 Å². The standard InChI is InChI=1S/C11H19N3OS/c1-15-11(4-2-3-5-11)10(14-12)6-9-7-13-8-16-9/h7-8,10,14H,2-6,12H2,1H3. The van der Waals surface area contributed by atoms with Gasteiger partial charge in [0.1, 0.15) is 0 Å². The van der Waals surface area contributed by atoms with E-state index in [-0.39, 0.29) is 11.6 Å². The van der Waals surface area contributed by atoms with Crippen molar-refractivity contribution in [3.05, 3.63) is 16.6 Å². The number of thiazole rings is 1. The normalized spacial score (nSPS) is 21.1. The molecule has 1 unspecified atom stereocenters. The molecule has 0 amide bonds. The third-order valence-corrected chi connectivity index (χ3v) is 4.38. The van der Waals surface area contributed by atoms with Gasteiger partial charge < -0.3 is 4.74 Å². The molecule has 1 atom stereocenters. The topological polar surface area (TPSA) is 60.2 Å². The second-order valence-corrected chi connectivity index (χ2v) is 5.34. The van der Waals surface area contributed by atoms with Crippen molar-refractivity contribution in [3.63, 3.8) is 0 Å². The molecular weight excluding hydrogens is 222 g/mol. The number of aromatic nitrogens is 1. The van der Waals surface area contributed by atoms with E-state index in [1.165, 1.54) is 17.7 Å². The fraction of sp³-hybridized carbons (Fsp3) is 0.727. The van der Waals surface area contributed by atoms with Crippen molar-refractivity contribution >= 4 is 11.3 Å². The maximum atomic E-state index is 5.74. The van der Waals surface area contributed by atoms with Gasteiger partial charge in [-0.2, -0.15) is 0 Å². The SMILES string of the molecule is COC1(C(Cc2cncs2)NN)CCCC1. The van der Waals surface area contributed by atoms with Gasteiger partial charge in [-0.15, -0.1) is 11.3 Å². The smallest absolute Gasteiger partial charge is 0.0847 e. The lowest BCUT2D eigenvalue weighted by Gasteiger charge is -2.35. The molecule has 2 rings (SSSR count). The Balaban J connectivity index is 2.08. The van der Waals surface area contributed by atoms with Crippen LogP contribution < -0.4 is 11.3 Å². The fourth-order valence-electron chi connectivity index (χ4n) is 2.61. The van der Waals surface area contributed by atoms with E-state index in [1.54, 1.807) is 18.4 Å². The van der Waals surface area contributed by atoms with E-state index < -0.39 is 0 Å². The first-order valence-corrected chi connectivity index (χ1v) is 6.57. The molecule has 0 saturated heterocycles. The Hall–Kier alpha value is -0.490. The van der Waals surface area contributed by atoms with Gasteiger partial charge in [0.05, 0.1) is 17.2 Å². The summed E-state index contributed by atoms with van der Waals surface area (Å²) in [6, 6.07) is 0.181.